The van der Waals surface area contributed by atoms with Gasteiger partial charge in [-0.05, 0) is 44.2 Å². The van der Waals surface area contributed by atoms with E-state index in [-0.39, 0.29) is 11.9 Å². The Labute approximate surface area is 90.4 Å². The normalized spacial score (nSPS) is 21.1. The molecule has 0 aliphatic carbocycles. The van der Waals surface area contributed by atoms with E-state index in [9.17, 15) is 4.79 Å². The van der Waals surface area contributed by atoms with Gasteiger partial charge in [-0.2, -0.15) is 11.8 Å². The molecule has 1 saturated heterocycles. The van der Waals surface area contributed by atoms with Crippen molar-refractivity contribution >= 4 is 17.7 Å². The van der Waals surface area contributed by atoms with Crippen molar-refractivity contribution in [3.63, 3.8) is 0 Å². The summed E-state index contributed by atoms with van der Waals surface area (Å²) >= 11 is 1.86. The Kier molecular flexibility index (Phi) is 6.03. The first-order valence-corrected chi connectivity index (χ1v) is 6.74. The lowest BCUT2D eigenvalue weighted by atomic mass is 10.2. The molecule has 14 heavy (non-hydrogen) atoms. The van der Waals surface area contributed by atoms with E-state index >= 15 is 0 Å². The minimum atomic E-state index is 0.0792. The van der Waals surface area contributed by atoms with Crippen molar-refractivity contribution in [3.05, 3.63) is 0 Å². The maximum atomic E-state index is 11.5. The smallest absolute Gasteiger partial charge is 0.237 e. The Bertz CT molecular complexity index is 170. The SMILES string of the molecule is CSCCCCNC(=O)[C@@H]1CCCN1. The third-order valence-electron chi connectivity index (χ3n) is 2.45. The average Bonchev–Trinajstić information content (AvgIpc) is 2.70. The van der Waals surface area contributed by atoms with E-state index in [0.29, 0.717) is 0 Å². The van der Waals surface area contributed by atoms with E-state index in [1.807, 2.05) is 11.8 Å². The van der Waals surface area contributed by atoms with Gasteiger partial charge >= 0.3 is 0 Å². The van der Waals surface area contributed by atoms with Crippen LogP contribution in [0, 0.1) is 0 Å². The van der Waals surface area contributed by atoms with Crippen molar-refractivity contribution in [3.8, 4) is 0 Å². The highest BCUT2D eigenvalue weighted by Crippen LogP contribution is 2.04. The molecule has 0 spiro atoms. The summed E-state index contributed by atoms with van der Waals surface area (Å²) in [6.07, 6.45) is 6.53. The third kappa shape index (κ3) is 4.33. The highest BCUT2D eigenvalue weighted by atomic mass is 32.2. The molecule has 0 aromatic heterocycles. The first-order chi connectivity index (χ1) is 6.84. The lowest BCUT2D eigenvalue weighted by molar-refractivity contribution is -0.122. The molecule has 0 saturated carbocycles. The molecule has 0 unspecified atom stereocenters. The van der Waals surface area contributed by atoms with Crippen LogP contribution in [0.15, 0.2) is 0 Å². The number of nitrogens with one attached hydrogen (secondary N) is 2. The van der Waals surface area contributed by atoms with E-state index in [1.54, 1.807) is 0 Å². The number of hydrogen-bond donors (Lipinski definition) is 2. The fraction of sp³-hybridized carbons (Fsp3) is 0.900. The number of hydrogen-bond acceptors (Lipinski definition) is 3. The van der Waals surface area contributed by atoms with Crippen molar-refractivity contribution in [1.82, 2.24) is 10.6 Å². The molecule has 1 aliphatic heterocycles. The Morgan fingerprint density at radius 2 is 2.43 bits per heavy atom. The maximum absolute atomic E-state index is 11.5. The van der Waals surface area contributed by atoms with Crippen molar-refractivity contribution in [2.75, 3.05) is 25.1 Å². The van der Waals surface area contributed by atoms with Crippen molar-refractivity contribution in [2.45, 2.75) is 31.7 Å². The lowest BCUT2D eigenvalue weighted by Gasteiger charge is -2.10. The van der Waals surface area contributed by atoms with Crippen LogP contribution in [0.1, 0.15) is 25.7 Å². The Hall–Kier alpha value is -0.220. The topological polar surface area (TPSA) is 41.1 Å². The van der Waals surface area contributed by atoms with Crippen LogP contribution in [0.3, 0.4) is 0 Å². The largest absolute Gasteiger partial charge is 0.355 e. The van der Waals surface area contributed by atoms with Crippen LogP contribution in [0.4, 0.5) is 0 Å². The minimum Gasteiger partial charge on any atom is -0.355 e. The zero-order valence-electron chi connectivity index (χ0n) is 8.84. The number of amides is 1. The molecule has 82 valence electrons. The molecule has 0 aromatic carbocycles. The molecule has 4 heteroatoms. The average molecular weight is 216 g/mol. The highest BCUT2D eigenvalue weighted by molar-refractivity contribution is 7.98. The lowest BCUT2D eigenvalue weighted by Crippen LogP contribution is -2.40. The second-order valence-electron chi connectivity index (χ2n) is 3.64. The van der Waals surface area contributed by atoms with Crippen molar-refractivity contribution in [1.29, 1.82) is 0 Å². The number of rotatable bonds is 6. The molecule has 3 nitrogen and oxygen atoms in total. The summed E-state index contributed by atoms with van der Waals surface area (Å²) in [5.41, 5.74) is 0. The fourth-order valence-electron chi connectivity index (χ4n) is 1.61. The fourth-order valence-corrected chi connectivity index (χ4v) is 2.11. The zero-order chi connectivity index (χ0) is 10.2. The van der Waals surface area contributed by atoms with Crippen LogP contribution in [0.2, 0.25) is 0 Å². The number of unbranched alkanes of at least 4 members (excludes halogenated alkanes) is 1. The van der Waals surface area contributed by atoms with Gasteiger partial charge in [0.1, 0.15) is 0 Å². The van der Waals surface area contributed by atoms with Crippen LogP contribution >= 0.6 is 11.8 Å². The molecule has 1 amide bonds. The van der Waals surface area contributed by atoms with E-state index in [0.717, 1.165) is 32.4 Å². The van der Waals surface area contributed by atoms with Crippen LogP contribution in [0.5, 0.6) is 0 Å². The van der Waals surface area contributed by atoms with Crippen molar-refractivity contribution in [2.24, 2.45) is 0 Å². The molecule has 1 heterocycles. The Balaban J connectivity index is 1.97. The summed E-state index contributed by atoms with van der Waals surface area (Å²) in [6, 6.07) is 0.0792. The summed E-state index contributed by atoms with van der Waals surface area (Å²) in [6.45, 7) is 1.82. The van der Waals surface area contributed by atoms with Gasteiger partial charge in [0.15, 0.2) is 0 Å². The van der Waals surface area contributed by atoms with Crippen LogP contribution in [-0.2, 0) is 4.79 Å². The monoisotopic (exact) mass is 216 g/mol. The molecule has 0 bridgehead atoms. The Morgan fingerprint density at radius 1 is 1.57 bits per heavy atom. The molecule has 1 aliphatic rings. The van der Waals surface area contributed by atoms with Gasteiger partial charge in [0.2, 0.25) is 5.91 Å². The first-order valence-electron chi connectivity index (χ1n) is 5.34. The second-order valence-corrected chi connectivity index (χ2v) is 4.63. The molecular weight excluding hydrogens is 196 g/mol. The number of carbonyl (C=O) groups excluding carboxylic acids is 1. The van der Waals surface area contributed by atoms with Crippen LogP contribution in [-0.4, -0.2) is 37.0 Å². The Morgan fingerprint density at radius 3 is 3.07 bits per heavy atom. The molecular formula is C10H20N2OS. The van der Waals surface area contributed by atoms with E-state index < -0.39 is 0 Å². The number of thioether (sulfide) groups is 1. The van der Waals surface area contributed by atoms with Gasteiger partial charge in [0.05, 0.1) is 6.04 Å². The second kappa shape index (κ2) is 7.12. The summed E-state index contributed by atoms with van der Waals surface area (Å²) in [7, 11) is 0. The van der Waals surface area contributed by atoms with Gasteiger partial charge < -0.3 is 10.6 Å². The van der Waals surface area contributed by atoms with Gasteiger partial charge in [-0.3, -0.25) is 4.79 Å². The quantitative estimate of drug-likeness (QED) is 0.651. The molecule has 1 rings (SSSR count). The molecule has 0 radical (unpaired) electrons. The van der Waals surface area contributed by atoms with Gasteiger partial charge in [-0.15, -0.1) is 0 Å². The summed E-state index contributed by atoms with van der Waals surface area (Å²) in [5, 5.41) is 6.17. The molecule has 1 atom stereocenters. The highest BCUT2D eigenvalue weighted by Gasteiger charge is 2.20. The number of carbonyl (C=O) groups is 1. The van der Waals surface area contributed by atoms with Crippen LogP contribution < -0.4 is 10.6 Å². The van der Waals surface area contributed by atoms with E-state index in [2.05, 4.69) is 16.9 Å². The van der Waals surface area contributed by atoms with Crippen LogP contribution in [0.25, 0.3) is 0 Å². The van der Waals surface area contributed by atoms with E-state index in [1.165, 1.54) is 12.2 Å². The zero-order valence-corrected chi connectivity index (χ0v) is 9.66. The molecule has 2 N–H and O–H groups in total. The third-order valence-corrected chi connectivity index (χ3v) is 3.15. The van der Waals surface area contributed by atoms with E-state index in [4.69, 9.17) is 0 Å². The maximum Gasteiger partial charge on any atom is 0.237 e. The summed E-state index contributed by atoms with van der Waals surface area (Å²) < 4.78 is 0. The standard InChI is InChI=1S/C10H20N2OS/c1-14-8-3-2-6-12-10(13)9-5-4-7-11-9/h9,11H,2-8H2,1H3,(H,12,13)/t9-/m0/s1. The first kappa shape index (κ1) is 11.9. The predicted molar refractivity (Wildman–Crippen MR) is 61.7 cm³/mol. The van der Waals surface area contributed by atoms with Gasteiger partial charge in [-0.1, -0.05) is 0 Å². The summed E-state index contributed by atoms with van der Waals surface area (Å²) in [5.74, 6) is 1.38. The van der Waals surface area contributed by atoms with Gasteiger partial charge in [0, 0.05) is 6.54 Å². The molecule has 1 fully saturated rings. The predicted octanol–water partition coefficient (Wildman–Crippen LogP) is 0.998. The van der Waals surface area contributed by atoms with Gasteiger partial charge in [0.25, 0.3) is 0 Å². The minimum absolute atomic E-state index is 0.0792. The van der Waals surface area contributed by atoms with Gasteiger partial charge in [-0.25, -0.2) is 0 Å². The summed E-state index contributed by atoms with van der Waals surface area (Å²) in [4.78, 5) is 11.5. The molecule has 0 aromatic rings. The van der Waals surface area contributed by atoms with Crippen molar-refractivity contribution < 1.29 is 4.79 Å².